The Morgan fingerprint density at radius 2 is 1.75 bits per heavy atom. The standard InChI is InChI=1S/C17H17F3/c1-3-4-14-11-15(6-5-12(14)2)13-7-9-16(10-8-13)17(18,19)20/h3-12,14H,1-2H3/b4-3-. The quantitative estimate of drug-likeness (QED) is 0.628. The average molecular weight is 278 g/mol. The van der Waals surface area contributed by atoms with Crippen molar-refractivity contribution in [3.63, 3.8) is 0 Å². The molecule has 0 spiro atoms. The van der Waals surface area contributed by atoms with Crippen LogP contribution in [0.1, 0.15) is 25.0 Å². The van der Waals surface area contributed by atoms with Crippen molar-refractivity contribution in [2.24, 2.45) is 11.8 Å². The molecule has 0 nitrogen and oxygen atoms in total. The molecule has 0 amide bonds. The summed E-state index contributed by atoms with van der Waals surface area (Å²) >= 11 is 0. The smallest absolute Gasteiger partial charge is 0.166 e. The largest absolute Gasteiger partial charge is 0.416 e. The Morgan fingerprint density at radius 3 is 2.30 bits per heavy atom. The van der Waals surface area contributed by atoms with Crippen molar-refractivity contribution >= 4 is 5.57 Å². The zero-order chi connectivity index (χ0) is 14.8. The molecule has 0 radical (unpaired) electrons. The maximum absolute atomic E-state index is 12.5. The Bertz CT molecular complexity index is 545. The molecule has 0 aliphatic heterocycles. The van der Waals surface area contributed by atoms with Crippen LogP contribution in [-0.4, -0.2) is 0 Å². The normalized spacial score (nSPS) is 23.1. The molecule has 0 heterocycles. The first-order valence-corrected chi connectivity index (χ1v) is 6.62. The van der Waals surface area contributed by atoms with Crippen LogP contribution in [0.15, 0.2) is 54.6 Å². The Kier molecular flexibility index (Phi) is 4.17. The number of rotatable bonds is 2. The van der Waals surface area contributed by atoms with Crippen LogP contribution in [0.25, 0.3) is 5.57 Å². The van der Waals surface area contributed by atoms with E-state index in [2.05, 4.69) is 25.2 Å². The van der Waals surface area contributed by atoms with Crippen LogP contribution < -0.4 is 0 Å². The molecule has 2 atom stereocenters. The molecule has 20 heavy (non-hydrogen) atoms. The van der Waals surface area contributed by atoms with Crippen molar-refractivity contribution in [1.82, 2.24) is 0 Å². The molecule has 2 unspecified atom stereocenters. The summed E-state index contributed by atoms with van der Waals surface area (Å²) in [6.07, 6.45) is 6.01. The second-order valence-corrected chi connectivity index (χ2v) is 5.02. The summed E-state index contributed by atoms with van der Waals surface area (Å²) < 4.78 is 37.6. The highest BCUT2D eigenvalue weighted by Gasteiger charge is 2.30. The second-order valence-electron chi connectivity index (χ2n) is 5.02. The number of benzene rings is 1. The predicted octanol–water partition coefficient (Wildman–Crippen LogP) is 5.49. The molecule has 3 heteroatoms. The van der Waals surface area contributed by atoms with Gasteiger partial charge in [-0.15, -0.1) is 0 Å². The van der Waals surface area contributed by atoms with Crippen molar-refractivity contribution in [3.8, 4) is 0 Å². The molecule has 1 aliphatic carbocycles. The maximum atomic E-state index is 12.5. The van der Waals surface area contributed by atoms with Gasteiger partial charge in [-0.25, -0.2) is 0 Å². The van der Waals surface area contributed by atoms with Gasteiger partial charge in [0.05, 0.1) is 5.56 Å². The number of alkyl halides is 3. The molecule has 0 aromatic heterocycles. The average Bonchev–Trinajstić information content (AvgIpc) is 2.41. The van der Waals surface area contributed by atoms with E-state index in [4.69, 9.17) is 0 Å². The van der Waals surface area contributed by atoms with Gasteiger partial charge in [-0.1, -0.05) is 49.4 Å². The van der Waals surface area contributed by atoms with E-state index in [9.17, 15) is 13.2 Å². The summed E-state index contributed by atoms with van der Waals surface area (Å²) in [5, 5.41) is 0. The fourth-order valence-electron chi connectivity index (χ4n) is 2.30. The highest BCUT2D eigenvalue weighted by molar-refractivity contribution is 5.75. The Balaban J connectivity index is 2.28. The van der Waals surface area contributed by atoms with Crippen molar-refractivity contribution in [2.45, 2.75) is 20.0 Å². The van der Waals surface area contributed by atoms with E-state index in [0.717, 1.165) is 23.3 Å². The van der Waals surface area contributed by atoms with E-state index < -0.39 is 11.7 Å². The van der Waals surface area contributed by atoms with E-state index in [1.54, 1.807) is 0 Å². The molecule has 0 saturated heterocycles. The summed E-state index contributed by atoms with van der Waals surface area (Å²) in [5.74, 6) is 0.701. The molecule has 0 fully saturated rings. The highest BCUT2D eigenvalue weighted by Crippen LogP contribution is 2.32. The van der Waals surface area contributed by atoms with Gasteiger partial charge in [-0.3, -0.25) is 0 Å². The first-order chi connectivity index (χ1) is 9.41. The Hall–Kier alpha value is -1.77. The first-order valence-electron chi connectivity index (χ1n) is 6.62. The van der Waals surface area contributed by atoms with Gasteiger partial charge >= 0.3 is 6.18 Å². The van der Waals surface area contributed by atoms with Gasteiger partial charge in [-0.2, -0.15) is 13.2 Å². The lowest BCUT2D eigenvalue weighted by molar-refractivity contribution is -0.137. The summed E-state index contributed by atoms with van der Waals surface area (Å²) in [4.78, 5) is 0. The van der Waals surface area contributed by atoms with Crippen LogP contribution in [0, 0.1) is 11.8 Å². The highest BCUT2D eigenvalue weighted by atomic mass is 19.4. The fraction of sp³-hybridized carbons (Fsp3) is 0.294. The third kappa shape index (κ3) is 3.21. The first kappa shape index (κ1) is 14.6. The molecule has 1 aromatic carbocycles. The summed E-state index contributed by atoms with van der Waals surface area (Å²) in [6.45, 7) is 4.10. The van der Waals surface area contributed by atoms with Crippen molar-refractivity contribution < 1.29 is 13.2 Å². The van der Waals surface area contributed by atoms with Gasteiger partial charge in [-0.05, 0) is 36.1 Å². The summed E-state index contributed by atoms with van der Waals surface area (Å²) in [7, 11) is 0. The van der Waals surface area contributed by atoms with Gasteiger partial charge in [0, 0.05) is 5.92 Å². The van der Waals surface area contributed by atoms with Gasteiger partial charge in [0.25, 0.3) is 0 Å². The molecular formula is C17H17F3. The topological polar surface area (TPSA) is 0 Å². The van der Waals surface area contributed by atoms with Crippen molar-refractivity contribution in [1.29, 1.82) is 0 Å². The molecular weight excluding hydrogens is 261 g/mol. The maximum Gasteiger partial charge on any atom is 0.416 e. The van der Waals surface area contributed by atoms with Gasteiger partial charge in [0.2, 0.25) is 0 Å². The number of halogens is 3. The SMILES string of the molecule is C/C=C\C1C=C(c2ccc(C(F)(F)F)cc2)C=CC1C. The summed E-state index contributed by atoms with van der Waals surface area (Å²) in [5.41, 5.74) is 1.18. The molecule has 1 aromatic rings. The zero-order valence-electron chi connectivity index (χ0n) is 11.5. The minimum Gasteiger partial charge on any atom is -0.166 e. The van der Waals surface area contributed by atoms with E-state index in [1.807, 2.05) is 19.1 Å². The minimum absolute atomic E-state index is 0.294. The van der Waals surface area contributed by atoms with E-state index in [0.29, 0.717) is 11.8 Å². The van der Waals surface area contributed by atoms with Crippen LogP contribution in [0.3, 0.4) is 0 Å². The zero-order valence-corrected chi connectivity index (χ0v) is 11.5. The number of hydrogen-bond acceptors (Lipinski definition) is 0. The van der Waals surface area contributed by atoms with Gasteiger partial charge in [0.1, 0.15) is 0 Å². The Labute approximate surface area is 117 Å². The van der Waals surface area contributed by atoms with E-state index >= 15 is 0 Å². The van der Waals surface area contributed by atoms with Crippen LogP contribution in [0.2, 0.25) is 0 Å². The lowest BCUT2D eigenvalue weighted by Gasteiger charge is -2.20. The predicted molar refractivity (Wildman–Crippen MR) is 76.0 cm³/mol. The number of hydrogen-bond donors (Lipinski definition) is 0. The van der Waals surface area contributed by atoms with Crippen molar-refractivity contribution in [2.75, 3.05) is 0 Å². The van der Waals surface area contributed by atoms with Crippen LogP contribution in [0.5, 0.6) is 0 Å². The van der Waals surface area contributed by atoms with Gasteiger partial charge in [0.15, 0.2) is 0 Å². The van der Waals surface area contributed by atoms with Crippen LogP contribution in [-0.2, 0) is 6.18 Å². The van der Waals surface area contributed by atoms with Crippen molar-refractivity contribution in [3.05, 3.63) is 65.8 Å². The van der Waals surface area contributed by atoms with E-state index in [1.165, 1.54) is 12.1 Å². The molecule has 0 bridgehead atoms. The number of allylic oxidation sites excluding steroid dienone is 6. The molecule has 0 saturated carbocycles. The van der Waals surface area contributed by atoms with Crippen LogP contribution in [0.4, 0.5) is 13.2 Å². The lowest BCUT2D eigenvalue weighted by atomic mass is 9.85. The van der Waals surface area contributed by atoms with E-state index in [-0.39, 0.29) is 0 Å². The fourth-order valence-corrected chi connectivity index (χ4v) is 2.30. The minimum atomic E-state index is -4.28. The molecule has 0 N–H and O–H groups in total. The third-order valence-electron chi connectivity index (χ3n) is 3.52. The lowest BCUT2D eigenvalue weighted by Crippen LogP contribution is -2.08. The Morgan fingerprint density at radius 1 is 1.10 bits per heavy atom. The molecule has 106 valence electrons. The monoisotopic (exact) mass is 278 g/mol. The molecule has 1 aliphatic rings. The third-order valence-corrected chi connectivity index (χ3v) is 3.52. The second kappa shape index (κ2) is 5.70. The van der Waals surface area contributed by atoms with Gasteiger partial charge < -0.3 is 0 Å². The molecule has 2 rings (SSSR count). The summed E-state index contributed by atoms with van der Waals surface area (Å²) in [6, 6.07) is 5.32. The van der Waals surface area contributed by atoms with Crippen LogP contribution >= 0.6 is 0 Å².